The molecule has 0 saturated heterocycles. The molecule has 0 spiro atoms. The van der Waals surface area contributed by atoms with Gasteiger partial charge in [-0.25, -0.2) is 0 Å². The number of hydrogen-bond acceptors (Lipinski definition) is 2. The minimum atomic E-state index is -1.71. The smallest absolute Gasteiger partial charge is 0.192 e. The Morgan fingerprint density at radius 2 is 1.43 bits per heavy atom. The van der Waals surface area contributed by atoms with E-state index in [0.29, 0.717) is 6.42 Å². The van der Waals surface area contributed by atoms with Gasteiger partial charge in [-0.2, -0.15) is 0 Å². The normalized spacial score (nSPS) is 16.0. The monoisotopic (exact) mass is 356 g/mol. The van der Waals surface area contributed by atoms with Crippen molar-refractivity contribution in [2.75, 3.05) is 6.61 Å². The van der Waals surface area contributed by atoms with E-state index < -0.39 is 16.6 Å². The van der Waals surface area contributed by atoms with Crippen molar-refractivity contribution >= 4 is 16.6 Å². The van der Waals surface area contributed by atoms with E-state index in [-0.39, 0.29) is 10.6 Å². The quantitative estimate of drug-likeness (QED) is 0.342. The van der Waals surface area contributed by atoms with Crippen LogP contribution in [0.2, 0.25) is 36.3 Å². The highest BCUT2D eigenvalue weighted by Gasteiger charge is 2.40. The Morgan fingerprint density at radius 3 is 1.78 bits per heavy atom. The lowest BCUT2D eigenvalue weighted by atomic mass is 9.99. The molecule has 0 rings (SSSR count). The predicted molar refractivity (Wildman–Crippen MR) is 108 cm³/mol. The lowest BCUT2D eigenvalue weighted by Crippen LogP contribution is -2.47. The van der Waals surface area contributed by atoms with E-state index in [4.69, 9.17) is 15.3 Å². The number of rotatable bonds is 10. The topological polar surface area (TPSA) is 18.5 Å². The van der Waals surface area contributed by atoms with Crippen LogP contribution in [-0.2, 0) is 8.85 Å². The molecule has 0 heterocycles. The van der Waals surface area contributed by atoms with E-state index in [0.717, 1.165) is 31.2 Å². The first-order valence-corrected chi connectivity index (χ1v) is 14.6. The molecule has 23 heavy (non-hydrogen) atoms. The molecule has 0 aliphatic rings. The zero-order valence-corrected chi connectivity index (χ0v) is 19.1. The van der Waals surface area contributed by atoms with Crippen molar-refractivity contribution in [1.29, 1.82) is 0 Å². The van der Waals surface area contributed by atoms with Gasteiger partial charge in [-0.1, -0.05) is 41.5 Å². The van der Waals surface area contributed by atoms with Crippen molar-refractivity contribution in [1.82, 2.24) is 0 Å². The molecular weight excluding hydrogens is 316 g/mol. The van der Waals surface area contributed by atoms with Crippen LogP contribution in [0.4, 0.5) is 0 Å². The molecule has 0 saturated carbocycles. The summed E-state index contributed by atoms with van der Waals surface area (Å²) in [5.74, 6) is 2.83. The molecule has 0 aromatic carbocycles. The molecule has 0 aromatic rings. The zero-order chi connectivity index (χ0) is 18.4. The molecule has 1 atom stereocenters. The Morgan fingerprint density at radius 1 is 0.957 bits per heavy atom. The molecule has 0 bridgehead atoms. The third-order valence-corrected chi connectivity index (χ3v) is 15.1. The summed E-state index contributed by atoms with van der Waals surface area (Å²) >= 11 is 0. The summed E-state index contributed by atoms with van der Waals surface area (Å²) in [4.78, 5) is 0. The van der Waals surface area contributed by atoms with E-state index in [2.05, 4.69) is 67.5 Å². The van der Waals surface area contributed by atoms with Crippen LogP contribution in [0.25, 0.3) is 0 Å². The molecule has 0 unspecified atom stereocenters. The maximum absolute atomic E-state index is 6.75. The van der Waals surface area contributed by atoms with Crippen LogP contribution in [0.1, 0.15) is 61.3 Å². The number of terminal acetylenes is 1. The molecule has 0 aliphatic carbocycles. The molecule has 0 aliphatic heterocycles. The van der Waals surface area contributed by atoms with Gasteiger partial charge in [0.15, 0.2) is 16.6 Å². The molecule has 2 nitrogen and oxygen atoms in total. The van der Waals surface area contributed by atoms with E-state index >= 15 is 0 Å². The van der Waals surface area contributed by atoms with Gasteiger partial charge >= 0.3 is 0 Å². The summed E-state index contributed by atoms with van der Waals surface area (Å²) in [7, 11) is -3.37. The lowest BCUT2D eigenvalue weighted by Gasteiger charge is -2.41. The van der Waals surface area contributed by atoms with Crippen LogP contribution >= 0.6 is 0 Å². The van der Waals surface area contributed by atoms with E-state index in [1.807, 2.05) is 0 Å². The zero-order valence-electron chi connectivity index (χ0n) is 17.1. The summed E-state index contributed by atoms with van der Waals surface area (Å²) < 4.78 is 13.1. The highest BCUT2D eigenvalue weighted by Crippen LogP contribution is 2.37. The third kappa shape index (κ3) is 6.74. The fourth-order valence-electron chi connectivity index (χ4n) is 2.62. The first-order chi connectivity index (χ1) is 10.4. The van der Waals surface area contributed by atoms with Crippen molar-refractivity contribution in [2.24, 2.45) is 0 Å². The SMILES string of the molecule is C#CC[C@](C)(CCO[Si](C)(C)C(C)(C)C)O[Si](CC)(CC)CC. The molecule has 0 amide bonds. The van der Waals surface area contributed by atoms with Crippen molar-refractivity contribution in [3.63, 3.8) is 0 Å². The maximum atomic E-state index is 6.75. The van der Waals surface area contributed by atoms with Crippen molar-refractivity contribution in [3.05, 3.63) is 0 Å². The second kappa shape index (κ2) is 8.85. The minimum Gasteiger partial charge on any atom is -0.417 e. The summed E-state index contributed by atoms with van der Waals surface area (Å²) in [6.07, 6.45) is 7.19. The van der Waals surface area contributed by atoms with Gasteiger partial charge in [-0.15, -0.1) is 12.3 Å². The number of hydrogen-bond donors (Lipinski definition) is 0. The molecule has 4 heteroatoms. The van der Waals surface area contributed by atoms with Gasteiger partial charge in [-0.05, 0) is 49.6 Å². The van der Waals surface area contributed by atoms with Crippen LogP contribution in [0.15, 0.2) is 0 Å². The fraction of sp³-hybridized carbons (Fsp3) is 0.895. The van der Waals surface area contributed by atoms with Gasteiger partial charge in [0.05, 0.1) is 5.60 Å². The van der Waals surface area contributed by atoms with Crippen LogP contribution in [0.3, 0.4) is 0 Å². The van der Waals surface area contributed by atoms with Crippen molar-refractivity contribution in [3.8, 4) is 12.3 Å². The lowest BCUT2D eigenvalue weighted by molar-refractivity contribution is 0.0537. The first-order valence-electron chi connectivity index (χ1n) is 9.18. The van der Waals surface area contributed by atoms with Crippen LogP contribution in [0.5, 0.6) is 0 Å². The fourth-order valence-corrected chi connectivity index (χ4v) is 6.82. The summed E-state index contributed by atoms with van der Waals surface area (Å²) in [6, 6.07) is 3.47. The summed E-state index contributed by atoms with van der Waals surface area (Å²) in [5.41, 5.74) is -0.245. The van der Waals surface area contributed by atoms with Gasteiger partial charge in [0.1, 0.15) is 0 Å². The van der Waals surface area contributed by atoms with Gasteiger partial charge in [0.25, 0.3) is 0 Å². The van der Waals surface area contributed by atoms with Crippen molar-refractivity contribution in [2.45, 2.75) is 103 Å². The highest BCUT2D eigenvalue weighted by atomic mass is 28.4. The molecule has 0 radical (unpaired) electrons. The Bertz CT molecular complexity index is 381. The van der Waals surface area contributed by atoms with E-state index in [9.17, 15) is 0 Å². The Kier molecular flexibility index (Phi) is 8.81. The minimum absolute atomic E-state index is 0.241. The Labute approximate surface area is 148 Å². The predicted octanol–water partition coefficient (Wildman–Crippen LogP) is 6.20. The highest BCUT2D eigenvalue weighted by molar-refractivity contribution is 6.74. The molecule has 136 valence electrons. The van der Waals surface area contributed by atoms with Gasteiger partial charge < -0.3 is 8.85 Å². The molecule has 0 aromatic heterocycles. The maximum Gasteiger partial charge on any atom is 0.192 e. The second-order valence-corrected chi connectivity index (χ2v) is 18.0. The first kappa shape index (κ1) is 22.9. The molecule has 0 fully saturated rings. The summed E-state index contributed by atoms with van der Waals surface area (Å²) in [6.45, 7) is 21.2. The average molecular weight is 357 g/mol. The third-order valence-electron chi connectivity index (χ3n) is 5.77. The van der Waals surface area contributed by atoms with Crippen molar-refractivity contribution < 1.29 is 8.85 Å². The van der Waals surface area contributed by atoms with E-state index in [1.165, 1.54) is 0 Å². The standard InChI is InChI=1S/C19H40O2Si2/c1-11-15-19(8,21-23(12-2,13-3)14-4)16-17-20-22(9,10)18(5,6)7/h1H,12-17H2,2-10H3/t19-/m1/s1. The molecule has 0 N–H and O–H groups in total. The Hall–Kier alpha value is -0.0862. The van der Waals surface area contributed by atoms with Gasteiger partial charge in [0, 0.05) is 13.0 Å². The Balaban J connectivity index is 4.96. The van der Waals surface area contributed by atoms with Gasteiger partial charge in [0.2, 0.25) is 0 Å². The van der Waals surface area contributed by atoms with Crippen LogP contribution < -0.4 is 0 Å². The van der Waals surface area contributed by atoms with Crippen LogP contribution in [0, 0.1) is 12.3 Å². The second-order valence-electron chi connectivity index (χ2n) is 8.54. The van der Waals surface area contributed by atoms with Gasteiger partial charge in [-0.3, -0.25) is 0 Å². The summed E-state index contributed by atoms with van der Waals surface area (Å²) in [5, 5.41) is 0.241. The largest absolute Gasteiger partial charge is 0.417 e. The van der Waals surface area contributed by atoms with Crippen LogP contribution in [-0.4, -0.2) is 28.8 Å². The molecular formula is C19H40O2Si2. The average Bonchev–Trinajstić information content (AvgIpc) is 2.44. The van der Waals surface area contributed by atoms with E-state index in [1.54, 1.807) is 0 Å².